The van der Waals surface area contributed by atoms with Crippen molar-refractivity contribution in [2.75, 3.05) is 7.05 Å². The molecule has 1 radical (unpaired) electrons. The summed E-state index contributed by atoms with van der Waals surface area (Å²) in [6.45, 7) is 3.15. The van der Waals surface area contributed by atoms with Gasteiger partial charge in [0.2, 0.25) is 0 Å². The largest absolute Gasteiger partial charge is 0.290 e. The van der Waals surface area contributed by atoms with Crippen LogP contribution in [0.5, 0.6) is 0 Å². The van der Waals surface area contributed by atoms with Gasteiger partial charge < -0.3 is 0 Å². The first-order chi connectivity index (χ1) is 2.56. The fourth-order valence-corrected chi connectivity index (χ4v) is 0. The maximum atomic E-state index is 10.4. The number of rotatable bonds is 1. The van der Waals surface area contributed by atoms with Crippen LogP contribution >= 0.6 is 0 Å². The molecular weight excluding hydrogens is 78.0 g/mol. The van der Waals surface area contributed by atoms with Crippen LogP contribution in [-0.2, 0) is 5.11 Å². The van der Waals surface area contributed by atoms with E-state index < -0.39 is 5.72 Å². The topological polar surface area (TPSA) is 31.9 Å². The van der Waals surface area contributed by atoms with Crippen molar-refractivity contribution < 1.29 is 5.11 Å². The Morgan fingerprint density at radius 1 is 1.50 bits per heavy atom. The molecule has 0 unspecified atom stereocenters. The zero-order valence-electron chi connectivity index (χ0n) is 4.41. The van der Waals surface area contributed by atoms with E-state index in [1.165, 1.54) is 0 Å². The van der Waals surface area contributed by atoms with E-state index in [4.69, 9.17) is 0 Å². The van der Waals surface area contributed by atoms with Gasteiger partial charge in [0.1, 0.15) is 5.72 Å². The first-order valence-electron chi connectivity index (χ1n) is 1.95. The zero-order chi connectivity index (χ0) is 5.21. The summed E-state index contributed by atoms with van der Waals surface area (Å²) in [6.07, 6.45) is 0. The molecule has 0 atom stereocenters. The van der Waals surface area contributed by atoms with Crippen molar-refractivity contribution >= 4 is 0 Å². The molecule has 0 saturated heterocycles. The molecule has 2 heteroatoms. The second-order valence-electron chi connectivity index (χ2n) is 1.76. The lowest BCUT2D eigenvalue weighted by Crippen LogP contribution is -2.33. The molecule has 0 aliphatic carbocycles. The van der Waals surface area contributed by atoms with Gasteiger partial charge in [0.15, 0.2) is 0 Å². The van der Waals surface area contributed by atoms with Crippen molar-refractivity contribution in [3.63, 3.8) is 0 Å². The standard InChI is InChI=1S/C4H10NO/c1-4(2,6)5-3/h5H,1-3H3. The number of hydrogen-bond donors (Lipinski definition) is 1. The summed E-state index contributed by atoms with van der Waals surface area (Å²) in [4.78, 5) is 0. The third-order valence-corrected chi connectivity index (χ3v) is 0.602. The average molecular weight is 88.1 g/mol. The minimum atomic E-state index is -0.958. The lowest BCUT2D eigenvalue weighted by Gasteiger charge is -2.10. The van der Waals surface area contributed by atoms with E-state index in [1.807, 2.05) is 0 Å². The van der Waals surface area contributed by atoms with Crippen LogP contribution in [0, 0.1) is 0 Å². The van der Waals surface area contributed by atoms with Gasteiger partial charge in [-0.25, -0.2) is 5.11 Å². The number of nitrogens with one attached hydrogen (secondary N) is 1. The maximum absolute atomic E-state index is 10.4. The van der Waals surface area contributed by atoms with Crippen molar-refractivity contribution in [1.82, 2.24) is 5.32 Å². The molecule has 0 bridgehead atoms. The van der Waals surface area contributed by atoms with E-state index in [-0.39, 0.29) is 0 Å². The molecule has 2 nitrogen and oxygen atoms in total. The summed E-state index contributed by atoms with van der Waals surface area (Å²) in [5.74, 6) is 0. The van der Waals surface area contributed by atoms with E-state index in [0.717, 1.165) is 0 Å². The summed E-state index contributed by atoms with van der Waals surface area (Å²) in [5, 5.41) is 12.9. The Labute approximate surface area is 38.2 Å². The van der Waals surface area contributed by atoms with Crippen LogP contribution in [0.2, 0.25) is 0 Å². The minimum Gasteiger partial charge on any atom is -0.290 e. The van der Waals surface area contributed by atoms with Gasteiger partial charge in [-0.1, -0.05) is 0 Å². The van der Waals surface area contributed by atoms with Gasteiger partial charge in [0.05, 0.1) is 0 Å². The second kappa shape index (κ2) is 1.58. The van der Waals surface area contributed by atoms with Gasteiger partial charge in [-0.15, -0.1) is 0 Å². The zero-order valence-corrected chi connectivity index (χ0v) is 4.41. The third kappa shape index (κ3) is 3.92. The van der Waals surface area contributed by atoms with E-state index in [2.05, 4.69) is 5.32 Å². The molecule has 6 heavy (non-hydrogen) atoms. The van der Waals surface area contributed by atoms with Crippen LogP contribution in [0.3, 0.4) is 0 Å². The van der Waals surface area contributed by atoms with Gasteiger partial charge >= 0.3 is 0 Å². The summed E-state index contributed by atoms with van der Waals surface area (Å²) < 4.78 is 0. The molecule has 0 saturated carbocycles. The molecule has 37 valence electrons. The van der Waals surface area contributed by atoms with Crippen molar-refractivity contribution in [2.24, 2.45) is 0 Å². The Balaban J connectivity index is 3.17. The van der Waals surface area contributed by atoms with Crippen LogP contribution in [0.1, 0.15) is 13.8 Å². The van der Waals surface area contributed by atoms with E-state index in [9.17, 15) is 5.11 Å². The van der Waals surface area contributed by atoms with Gasteiger partial charge in [0, 0.05) is 0 Å². The minimum absolute atomic E-state index is 0.958. The molecule has 0 rings (SSSR count). The second-order valence-corrected chi connectivity index (χ2v) is 1.76. The molecule has 0 aromatic carbocycles. The predicted octanol–water partition coefficient (Wildman–Crippen LogP) is 0.372. The summed E-state index contributed by atoms with van der Waals surface area (Å²) in [5.41, 5.74) is -0.958. The number of hydrogen-bond acceptors (Lipinski definition) is 1. The van der Waals surface area contributed by atoms with Gasteiger partial charge in [-0.2, -0.15) is 0 Å². The van der Waals surface area contributed by atoms with Crippen LogP contribution in [0.4, 0.5) is 0 Å². The highest BCUT2D eigenvalue weighted by molar-refractivity contribution is 4.53. The molecule has 0 spiro atoms. The Bertz CT molecular complexity index is 37.3. The SMILES string of the molecule is CNC(C)(C)[O]. The summed E-state index contributed by atoms with van der Waals surface area (Å²) >= 11 is 0. The highest BCUT2D eigenvalue weighted by Crippen LogP contribution is 1.90. The first-order valence-corrected chi connectivity index (χ1v) is 1.95. The average Bonchev–Trinajstić information content (AvgIpc) is 1.35. The van der Waals surface area contributed by atoms with Crippen molar-refractivity contribution in [3.05, 3.63) is 0 Å². The van der Waals surface area contributed by atoms with Gasteiger partial charge in [0.25, 0.3) is 0 Å². The lowest BCUT2D eigenvalue weighted by atomic mass is 10.3. The fraction of sp³-hybridized carbons (Fsp3) is 1.00. The van der Waals surface area contributed by atoms with E-state index in [1.54, 1.807) is 20.9 Å². The van der Waals surface area contributed by atoms with E-state index in [0.29, 0.717) is 0 Å². The van der Waals surface area contributed by atoms with Crippen LogP contribution < -0.4 is 5.32 Å². The molecule has 0 fully saturated rings. The Hall–Kier alpha value is -0.0800. The van der Waals surface area contributed by atoms with Gasteiger partial charge in [-0.3, -0.25) is 5.32 Å². The third-order valence-electron chi connectivity index (χ3n) is 0.602. The quantitative estimate of drug-likeness (QED) is 0.461. The molecule has 0 aliphatic rings. The monoisotopic (exact) mass is 88.1 g/mol. The fourth-order valence-electron chi connectivity index (χ4n) is 0. The highest BCUT2D eigenvalue weighted by Gasteiger charge is 2.07. The molecule has 0 aliphatic heterocycles. The maximum Gasteiger partial charge on any atom is 0.148 e. The summed E-state index contributed by atoms with van der Waals surface area (Å²) in [6, 6.07) is 0. The Kier molecular flexibility index (Phi) is 1.56. The lowest BCUT2D eigenvalue weighted by molar-refractivity contribution is -0.0196. The molecule has 0 amide bonds. The van der Waals surface area contributed by atoms with Crippen molar-refractivity contribution in [2.45, 2.75) is 19.6 Å². The van der Waals surface area contributed by atoms with E-state index >= 15 is 0 Å². The normalized spacial score (nSPS) is 12.0. The van der Waals surface area contributed by atoms with Gasteiger partial charge in [-0.05, 0) is 20.9 Å². The molecule has 0 aromatic rings. The Morgan fingerprint density at radius 3 is 1.67 bits per heavy atom. The molecule has 0 heterocycles. The highest BCUT2D eigenvalue weighted by atomic mass is 16.3. The van der Waals surface area contributed by atoms with Crippen LogP contribution in [0.25, 0.3) is 0 Å². The van der Waals surface area contributed by atoms with Crippen LogP contribution in [0.15, 0.2) is 0 Å². The van der Waals surface area contributed by atoms with Crippen molar-refractivity contribution in [3.8, 4) is 0 Å². The smallest absolute Gasteiger partial charge is 0.148 e. The molecule has 0 aromatic heterocycles. The molecular formula is C4H10NO. The molecule has 1 N–H and O–H groups in total. The van der Waals surface area contributed by atoms with Crippen LogP contribution in [-0.4, -0.2) is 12.8 Å². The van der Waals surface area contributed by atoms with Crippen molar-refractivity contribution in [1.29, 1.82) is 0 Å². The predicted molar refractivity (Wildman–Crippen MR) is 23.8 cm³/mol. The Morgan fingerprint density at radius 2 is 1.67 bits per heavy atom. The first kappa shape index (κ1) is 5.92. The summed E-state index contributed by atoms with van der Waals surface area (Å²) in [7, 11) is 1.65.